The zero-order valence-corrected chi connectivity index (χ0v) is 13.4. The molecule has 0 aliphatic heterocycles. The van der Waals surface area contributed by atoms with Gasteiger partial charge in [-0.15, -0.1) is 0 Å². The predicted molar refractivity (Wildman–Crippen MR) is 84.5 cm³/mol. The topological polar surface area (TPSA) is 29.0 Å². The number of nitrogens with zero attached hydrogens (tertiary/aromatic N) is 3. The first-order chi connectivity index (χ1) is 8.89. The fourth-order valence-electron chi connectivity index (χ4n) is 1.78. The van der Waals surface area contributed by atoms with Crippen LogP contribution in [0.5, 0.6) is 0 Å². The van der Waals surface area contributed by atoms with Crippen LogP contribution >= 0.6 is 11.6 Å². The van der Waals surface area contributed by atoms with Gasteiger partial charge in [-0.05, 0) is 17.3 Å². The summed E-state index contributed by atoms with van der Waals surface area (Å²) in [6.07, 6.45) is 1.87. The largest absolute Gasteiger partial charge is 0.314 e. The van der Waals surface area contributed by atoms with E-state index in [1.165, 1.54) is 0 Å². The molecule has 0 saturated heterocycles. The third-order valence-corrected chi connectivity index (χ3v) is 5.41. The van der Waals surface area contributed by atoms with E-state index in [2.05, 4.69) is 29.6 Å². The molecule has 1 aromatic heterocycles. The Bertz CT molecular complexity index is 567. The molecule has 0 N–H and O–H groups in total. The first kappa shape index (κ1) is 14.0. The van der Waals surface area contributed by atoms with E-state index in [0.29, 0.717) is 11.1 Å². The fourth-order valence-corrected chi connectivity index (χ4v) is 3.89. The summed E-state index contributed by atoms with van der Waals surface area (Å²) in [5.74, 6) is 0.623. The molecular formula is C14H18ClN3Si. The van der Waals surface area contributed by atoms with Crippen LogP contribution in [0.1, 0.15) is 0 Å². The molecule has 0 radical (unpaired) electrons. The minimum atomic E-state index is -1.49. The molecule has 0 saturated carbocycles. The number of rotatable bonds is 3. The Morgan fingerprint density at radius 1 is 1.11 bits per heavy atom. The first-order valence-electron chi connectivity index (χ1n) is 6.21. The summed E-state index contributed by atoms with van der Waals surface area (Å²) in [4.78, 5) is 10.8. The van der Waals surface area contributed by atoms with Crippen LogP contribution in [0, 0.1) is 0 Å². The van der Waals surface area contributed by atoms with E-state index in [9.17, 15) is 0 Å². The summed E-state index contributed by atoms with van der Waals surface area (Å²) < 4.78 is 0. The second kappa shape index (κ2) is 5.31. The molecule has 0 bridgehead atoms. The van der Waals surface area contributed by atoms with Crippen molar-refractivity contribution in [3.63, 3.8) is 0 Å². The Balaban J connectivity index is 2.35. The van der Waals surface area contributed by atoms with Crippen molar-refractivity contribution in [2.24, 2.45) is 0 Å². The van der Waals surface area contributed by atoms with Gasteiger partial charge in [0.1, 0.15) is 5.15 Å². The Labute approximate surface area is 120 Å². The van der Waals surface area contributed by atoms with Gasteiger partial charge < -0.3 is 4.90 Å². The standard InChI is InChI=1S/C14H18ClN3Si/c1-18(11-8-6-5-7-9-11)14-16-10-12(13(15)17-14)19(2,3)4/h5-10H,1-4H3. The van der Waals surface area contributed by atoms with Crippen LogP contribution in [0.2, 0.25) is 24.8 Å². The fraction of sp³-hybridized carbons (Fsp3) is 0.286. The maximum atomic E-state index is 6.30. The number of hydrogen-bond acceptors (Lipinski definition) is 3. The summed E-state index contributed by atoms with van der Waals surface area (Å²) in [5.41, 5.74) is 1.04. The molecule has 0 unspecified atom stereocenters. The molecule has 0 spiro atoms. The predicted octanol–water partition coefficient (Wildman–Crippen LogP) is 3.44. The van der Waals surface area contributed by atoms with Gasteiger partial charge in [0.15, 0.2) is 0 Å². The lowest BCUT2D eigenvalue weighted by Gasteiger charge is -2.21. The van der Waals surface area contributed by atoms with Crippen LogP contribution in [0.25, 0.3) is 0 Å². The van der Waals surface area contributed by atoms with Gasteiger partial charge in [-0.3, -0.25) is 0 Å². The van der Waals surface area contributed by atoms with Crippen molar-refractivity contribution in [3.8, 4) is 0 Å². The van der Waals surface area contributed by atoms with E-state index in [1.807, 2.05) is 48.5 Å². The molecule has 2 rings (SSSR count). The van der Waals surface area contributed by atoms with Gasteiger partial charge in [0, 0.05) is 18.9 Å². The molecule has 2 aromatic rings. The van der Waals surface area contributed by atoms with Gasteiger partial charge in [-0.1, -0.05) is 49.4 Å². The van der Waals surface area contributed by atoms with E-state index in [1.54, 1.807) is 0 Å². The molecule has 0 aliphatic rings. The second-order valence-corrected chi connectivity index (χ2v) is 10.9. The zero-order chi connectivity index (χ0) is 14.0. The molecule has 0 fully saturated rings. The molecule has 0 atom stereocenters. The number of para-hydroxylation sites is 1. The van der Waals surface area contributed by atoms with Crippen molar-refractivity contribution in [2.45, 2.75) is 19.6 Å². The molecule has 0 aliphatic carbocycles. The minimum Gasteiger partial charge on any atom is -0.314 e. The monoisotopic (exact) mass is 291 g/mol. The van der Waals surface area contributed by atoms with Crippen molar-refractivity contribution in [1.82, 2.24) is 9.97 Å². The summed E-state index contributed by atoms with van der Waals surface area (Å²) in [5, 5.41) is 1.67. The van der Waals surface area contributed by atoms with E-state index < -0.39 is 8.07 Å². The number of hydrogen-bond donors (Lipinski definition) is 0. The summed E-state index contributed by atoms with van der Waals surface area (Å²) >= 11 is 6.30. The Morgan fingerprint density at radius 3 is 2.26 bits per heavy atom. The van der Waals surface area contributed by atoms with E-state index in [0.717, 1.165) is 10.9 Å². The van der Waals surface area contributed by atoms with E-state index in [-0.39, 0.29) is 0 Å². The highest BCUT2D eigenvalue weighted by Crippen LogP contribution is 2.20. The molecule has 1 heterocycles. The van der Waals surface area contributed by atoms with Crippen LogP contribution in [-0.2, 0) is 0 Å². The van der Waals surface area contributed by atoms with Gasteiger partial charge >= 0.3 is 0 Å². The second-order valence-electron chi connectivity index (χ2n) is 5.52. The maximum absolute atomic E-state index is 6.30. The van der Waals surface area contributed by atoms with E-state index in [4.69, 9.17) is 11.6 Å². The number of benzene rings is 1. The Hall–Kier alpha value is -1.39. The van der Waals surface area contributed by atoms with Gasteiger partial charge in [0.05, 0.1) is 8.07 Å². The highest BCUT2D eigenvalue weighted by atomic mass is 35.5. The van der Waals surface area contributed by atoms with Crippen molar-refractivity contribution < 1.29 is 0 Å². The molecule has 3 nitrogen and oxygen atoms in total. The summed E-state index contributed by atoms with van der Waals surface area (Å²) in [6, 6.07) is 10.0. The Morgan fingerprint density at radius 2 is 1.74 bits per heavy atom. The van der Waals surface area contributed by atoms with Crippen LogP contribution in [0.3, 0.4) is 0 Å². The third-order valence-electron chi connectivity index (χ3n) is 2.98. The van der Waals surface area contributed by atoms with Crippen LogP contribution < -0.4 is 10.1 Å². The van der Waals surface area contributed by atoms with Crippen molar-refractivity contribution >= 4 is 36.5 Å². The van der Waals surface area contributed by atoms with Crippen LogP contribution in [0.4, 0.5) is 11.6 Å². The minimum absolute atomic E-state index is 0.576. The number of aromatic nitrogens is 2. The summed E-state index contributed by atoms with van der Waals surface area (Å²) in [6.45, 7) is 6.70. The number of anilines is 2. The molecule has 1 aromatic carbocycles. The number of halogens is 1. The normalized spacial score (nSPS) is 11.4. The van der Waals surface area contributed by atoms with Crippen molar-refractivity contribution in [2.75, 3.05) is 11.9 Å². The van der Waals surface area contributed by atoms with Gasteiger partial charge in [0.2, 0.25) is 5.95 Å². The van der Waals surface area contributed by atoms with Crippen LogP contribution in [-0.4, -0.2) is 25.1 Å². The van der Waals surface area contributed by atoms with Gasteiger partial charge in [0.25, 0.3) is 0 Å². The first-order valence-corrected chi connectivity index (χ1v) is 10.1. The summed E-state index contributed by atoms with van der Waals surface area (Å²) in [7, 11) is 0.449. The van der Waals surface area contributed by atoms with Gasteiger partial charge in [-0.25, -0.2) is 9.97 Å². The molecule has 5 heteroatoms. The third kappa shape index (κ3) is 3.14. The molecule has 0 amide bonds. The van der Waals surface area contributed by atoms with Gasteiger partial charge in [-0.2, -0.15) is 0 Å². The lowest BCUT2D eigenvalue weighted by atomic mass is 10.3. The molecular weight excluding hydrogens is 274 g/mol. The Kier molecular flexibility index (Phi) is 3.92. The average Bonchev–Trinajstić information content (AvgIpc) is 2.37. The maximum Gasteiger partial charge on any atom is 0.231 e. The quantitative estimate of drug-likeness (QED) is 0.641. The smallest absolute Gasteiger partial charge is 0.231 e. The lowest BCUT2D eigenvalue weighted by molar-refractivity contribution is 1.05. The molecule has 100 valence electrons. The zero-order valence-electron chi connectivity index (χ0n) is 11.7. The lowest BCUT2D eigenvalue weighted by Crippen LogP contribution is -2.39. The van der Waals surface area contributed by atoms with Crippen molar-refractivity contribution in [3.05, 3.63) is 41.7 Å². The SMILES string of the molecule is CN(c1ccccc1)c1ncc([Si](C)(C)C)c(Cl)n1. The van der Waals surface area contributed by atoms with Crippen LogP contribution in [0.15, 0.2) is 36.5 Å². The van der Waals surface area contributed by atoms with Crippen molar-refractivity contribution in [1.29, 1.82) is 0 Å². The highest BCUT2D eigenvalue weighted by molar-refractivity contribution is 6.90. The van der Waals surface area contributed by atoms with E-state index >= 15 is 0 Å². The average molecular weight is 292 g/mol. The molecule has 19 heavy (non-hydrogen) atoms. The highest BCUT2D eigenvalue weighted by Gasteiger charge is 2.22.